The molecule has 4 nitrogen and oxygen atoms in total. The first-order valence-electron chi connectivity index (χ1n) is 8.59. The van der Waals surface area contributed by atoms with Crippen LogP contribution in [-0.2, 0) is 4.79 Å². The average molecular weight is 341 g/mol. The Kier molecular flexibility index (Phi) is 6.45. The van der Waals surface area contributed by atoms with Crippen molar-refractivity contribution in [3.05, 3.63) is 59.2 Å². The first kappa shape index (κ1) is 18.8. The molecule has 25 heavy (non-hydrogen) atoms. The number of hydrogen-bond acceptors (Lipinski definition) is 3. The van der Waals surface area contributed by atoms with Crippen molar-refractivity contribution in [2.45, 2.75) is 46.8 Å². The van der Waals surface area contributed by atoms with Crippen molar-refractivity contribution in [1.82, 2.24) is 5.32 Å². The molecule has 0 radical (unpaired) electrons. The number of nitrogens with one attached hydrogen (secondary N) is 1. The largest absolute Gasteiger partial charge is 0.491 e. The summed E-state index contributed by atoms with van der Waals surface area (Å²) < 4.78 is 11.5. The van der Waals surface area contributed by atoms with Crippen molar-refractivity contribution in [2.75, 3.05) is 6.61 Å². The van der Waals surface area contributed by atoms with E-state index in [0.717, 1.165) is 16.9 Å². The Morgan fingerprint density at radius 1 is 1.00 bits per heavy atom. The summed E-state index contributed by atoms with van der Waals surface area (Å²) in [5.74, 6) is 1.39. The number of carbonyl (C=O) groups is 1. The second-order valence-electron chi connectivity index (χ2n) is 6.49. The Hall–Kier alpha value is -2.49. The van der Waals surface area contributed by atoms with E-state index in [1.54, 1.807) is 6.92 Å². The molecule has 0 aromatic heterocycles. The molecular formula is C21H27NO3. The minimum absolute atomic E-state index is 0.113. The van der Waals surface area contributed by atoms with Gasteiger partial charge < -0.3 is 14.8 Å². The lowest BCUT2D eigenvalue weighted by Crippen LogP contribution is -2.43. The fraction of sp³-hybridized carbons (Fsp3) is 0.381. The summed E-state index contributed by atoms with van der Waals surface area (Å²) in [7, 11) is 0. The number of ether oxygens (including phenoxy) is 2. The fourth-order valence-corrected chi connectivity index (χ4v) is 2.38. The summed E-state index contributed by atoms with van der Waals surface area (Å²) in [5.41, 5.74) is 3.42. The van der Waals surface area contributed by atoms with Gasteiger partial charge in [0, 0.05) is 0 Å². The molecule has 1 N–H and O–H groups in total. The predicted octanol–water partition coefficient (Wildman–Crippen LogP) is 3.96. The Balaban J connectivity index is 1.83. The second-order valence-corrected chi connectivity index (χ2v) is 6.49. The van der Waals surface area contributed by atoms with Gasteiger partial charge >= 0.3 is 0 Å². The van der Waals surface area contributed by atoms with Crippen LogP contribution in [-0.4, -0.2) is 24.7 Å². The molecule has 0 aliphatic rings. The third-order valence-electron chi connectivity index (χ3n) is 4.13. The fourth-order valence-electron chi connectivity index (χ4n) is 2.38. The summed E-state index contributed by atoms with van der Waals surface area (Å²) in [4.78, 5) is 12.3. The Morgan fingerprint density at radius 2 is 1.72 bits per heavy atom. The number of rotatable bonds is 7. The molecule has 0 saturated heterocycles. The van der Waals surface area contributed by atoms with E-state index in [9.17, 15) is 4.79 Å². The minimum atomic E-state index is -0.567. The maximum absolute atomic E-state index is 12.3. The molecule has 2 rings (SSSR count). The zero-order chi connectivity index (χ0) is 18.4. The van der Waals surface area contributed by atoms with Crippen LogP contribution in [0.1, 0.15) is 30.5 Å². The molecule has 0 aliphatic carbocycles. The molecule has 0 fully saturated rings. The van der Waals surface area contributed by atoms with Crippen LogP contribution < -0.4 is 14.8 Å². The number of para-hydroxylation sites is 1. The molecule has 0 bridgehead atoms. The van der Waals surface area contributed by atoms with Gasteiger partial charge in [-0.2, -0.15) is 0 Å². The van der Waals surface area contributed by atoms with Gasteiger partial charge in [0.15, 0.2) is 6.10 Å². The highest BCUT2D eigenvalue weighted by atomic mass is 16.5. The van der Waals surface area contributed by atoms with Gasteiger partial charge in [-0.3, -0.25) is 4.79 Å². The van der Waals surface area contributed by atoms with Crippen molar-refractivity contribution in [3.8, 4) is 11.5 Å². The van der Waals surface area contributed by atoms with E-state index in [-0.39, 0.29) is 11.9 Å². The molecule has 134 valence electrons. The lowest BCUT2D eigenvalue weighted by atomic mass is 10.1. The SMILES string of the molecule is Cc1ccc(O[C@H](C)C(=O)N[C@@H](C)COc2ccccc2C)cc1C. The van der Waals surface area contributed by atoms with E-state index in [4.69, 9.17) is 9.47 Å². The molecule has 4 heteroatoms. The lowest BCUT2D eigenvalue weighted by molar-refractivity contribution is -0.128. The summed E-state index contributed by atoms with van der Waals surface area (Å²) in [6.07, 6.45) is -0.567. The van der Waals surface area contributed by atoms with Gasteiger partial charge in [0.05, 0.1) is 6.04 Å². The van der Waals surface area contributed by atoms with Crippen LogP contribution in [0.5, 0.6) is 11.5 Å². The van der Waals surface area contributed by atoms with Crippen molar-refractivity contribution in [3.63, 3.8) is 0 Å². The molecule has 2 aromatic carbocycles. The lowest BCUT2D eigenvalue weighted by Gasteiger charge is -2.20. The van der Waals surface area contributed by atoms with E-state index in [1.165, 1.54) is 5.56 Å². The monoisotopic (exact) mass is 341 g/mol. The highest BCUT2D eigenvalue weighted by molar-refractivity contribution is 5.81. The van der Waals surface area contributed by atoms with Gasteiger partial charge in [0.1, 0.15) is 18.1 Å². The van der Waals surface area contributed by atoms with Crippen molar-refractivity contribution in [1.29, 1.82) is 0 Å². The van der Waals surface area contributed by atoms with E-state index < -0.39 is 6.10 Å². The van der Waals surface area contributed by atoms with Gasteiger partial charge in [0.2, 0.25) is 0 Å². The Labute approximate surface area is 150 Å². The van der Waals surface area contributed by atoms with Crippen LogP contribution in [0.4, 0.5) is 0 Å². The minimum Gasteiger partial charge on any atom is -0.491 e. The van der Waals surface area contributed by atoms with E-state index in [2.05, 4.69) is 5.32 Å². The van der Waals surface area contributed by atoms with E-state index in [1.807, 2.05) is 70.2 Å². The topological polar surface area (TPSA) is 47.6 Å². The van der Waals surface area contributed by atoms with Crippen LogP contribution in [0, 0.1) is 20.8 Å². The van der Waals surface area contributed by atoms with Gasteiger partial charge in [0.25, 0.3) is 5.91 Å². The van der Waals surface area contributed by atoms with Crippen molar-refractivity contribution in [2.24, 2.45) is 0 Å². The standard InChI is InChI=1S/C21H27NO3/c1-14-10-11-19(12-16(14)3)25-18(5)21(23)22-17(4)13-24-20-9-7-6-8-15(20)2/h6-12,17-18H,13H2,1-5H3,(H,22,23)/t17-,18+/m0/s1. The number of hydrogen-bond donors (Lipinski definition) is 1. The number of aryl methyl sites for hydroxylation is 3. The molecule has 0 spiro atoms. The Bertz CT molecular complexity index is 727. The molecule has 1 amide bonds. The van der Waals surface area contributed by atoms with Gasteiger partial charge in [-0.1, -0.05) is 24.3 Å². The van der Waals surface area contributed by atoms with E-state index >= 15 is 0 Å². The first-order valence-corrected chi connectivity index (χ1v) is 8.59. The maximum atomic E-state index is 12.3. The molecule has 0 aliphatic heterocycles. The third-order valence-corrected chi connectivity index (χ3v) is 4.13. The summed E-state index contributed by atoms with van der Waals surface area (Å²) in [6.45, 7) is 10.1. The van der Waals surface area contributed by atoms with Gasteiger partial charge in [-0.05, 0) is 69.5 Å². The predicted molar refractivity (Wildman–Crippen MR) is 100 cm³/mol. The van der Waals surface area contributed by atoms with Gasteiger partial charge in [-0.25, -0.2) is 0 Å². The molecule has 0 saturated carbocycles. The quantitative estimate of drug-likeness (QED) is 0.829. The molecule has 0 heterocycles. The summed E-state index contributed by atoms with van der Waals surface area (Å²) >= 11 is 0. The summed E-state index contributed by atoms with van der Waals surface area (Å²) in [5, 5.41) is 2.93. The number of amides is 1. The Morgan fingerprint density at radius 3 is 2.40 bits per heavy atom. The highest BCUT2D eigenvalue weighted by Crippen LogP contribution is 2.18. The van der Waals surface area contributed by atoms with Crippen molar-refractivity contribution < 1.29 is 14.3 Å². The van der Waals surface area contributed by atoms with Crippen LogP contribution in [0.15, 0.2) is 42.5 Å². The zero-order valence-electron chi connectivity index (χ0n) is 15.6. The maximum Gasteiger partial charge on any atom is 0.261 e. The number of benzene rings is 2. The van der Waals surface area contributed by atoms with Crippen LogP contribution >= 0.6 is 0 Å². The van der Waals surface area contributed by atoms with Crippen molar-refractivity contribution >= 4 is 5.91 Å². The molecule has 2 atom stereocenters. The smallest absolute Gasteiger partial charge is 0.261 e. The van der Waals surface area contributed by atoms with Crippen LogP contribution in [0.25, 0.3) is 0 Å². The van der Waals surface area contributed by atoms with Crippen LogP contribution in [0.2, 0.25) is 0 Å². The first-order chi connectivity index (χ1) is 11.9. The molecule has 2 aromatic rings. The second kappa shape index (κ2) is 8.56. The molecular weight excluding hydrogens is 314 g/mol. The summed E-state index contributed by atoms with van der Waals surface area (Å²) in [6, 6.07) is 13.5. The van der Waals surface area contributed by atoms with E-state index in [0.29, 0.717) is 12.4 Å². The number of carbonyl (C=O) groups excluding carboxylic acids is 1. The van der Waals surface area contributed by atoms with Crippen LogP contribution in [0.3, 0.4) is 0 Å². The third kappa shape index (κ3) is 5.52. The molecule has 0 unspecified atom stereocenters. The highest BCUT2D eigenvalue weighted by Gasteiger charge is 2.17. The zero-order valence-corrected chi connectivity index (χ0v) is 15.6. The average Bonchev–Trinajstić information content (AvgIpc) is 2.57. The normalized spacial score (nSPS) is 13.0. The van der Waals surface area contributed by atoms with Gasteiger partial charge in [-0.15, -0.1) is 0 Å².